The van der Waals surface area contributed by atoms with Crippen LogP contribution in [0.2, 0.25) is 0 Å². The van der Waals surface area contributed by atoms with Gasteiger partial charge in [-0.2, -0.15) is 0 Å². The smallest absolute Gasteiger partial charge is 0.251 e. The summed E-state index contributed by atoms with van der Waals surface area (Å²) in [7, 11) is 0. The SMILES string of the molecule is Cc1ccc(C(=O)NC(C)c2nc3ccccc3n2CC(=O)Nc2cccc(C)c2C)cc1. The molecule has 2 amide bonds. The van der Waals surface area contributed by atoms with E-state index < -0.39 is 0 Å². The molecule has 0 fully saturated rings. The fourth-order valence-corrected chi connectivity index (χ4v) is 3.86. The normalized spacial score (nSPS) is 11.9. The van der Waals surface area contributed by atoms with Gasteiger partial charge in [0.15, 0.2) is 0 Å². The average molecular weight is 441 g/mol. The number of hydrogen-bond acceptors (Lipinski definition) is 3. The van der Waals surface area contributed by atoms with Crippen LogP contribution >= 0.6 is 0 Å². The molecule has 0 bridgehead atoms. The quantitative estimate of drug-likeness (QED) is 0.438. The van der Waals surface area contributed by atoms with E-state index in [9.17, 15) is 9.59 Å². The van der Waals surface area contributed by atoms with E-state index in [2.05, 4.69) is 10.6 Å². The molecule has 0 aliphatic carbocycles. The van der Waals surface area contributed by atoms with Crippen LogP contribution in [0.15, 0.2) is 66.7 Å². The Morgan fingerprint density at radius 1 is 0.939 bits per heavy atom. The molecule has 4 aromatic rings. The lowest BCUT2D eigenvalue weighted by Crippen LogP contribution is -2.30. The first-order valence-corrected chi connectivity index (χ1v) is 11.0. The van der Waals surface area contributed by atoms with Crippen molar-refractivity contribution in [3.8, 4) is 0 Å². The minimum atomic E-state index is -0.389. The van der Waals surface area contributed by atoms with E-state index in [0.717, 1.165) is 33.4 Å². The van der Waals surface area contributed by atoms with E-state index in [1.54, 1.807) is 12.1 Å². The molecule has 3 aromatic carbocycles. The van der Waals surface area contributed by atoms with Gasteiger partial charge in [0.05, 0.1) is 17.1 Å². The summed E-state index contributed by atoms with van der Waals surface area (Å²) in [5.74, 6) is 0.305. The van der Waals surface area contributed by atoms with Crippen molar-refractivity contribution in [3.05, 3.63) is 94.8 Å². The van der Waals surface area contributed by atoms with Crippen LogP contribution in [0.3, 0.4) is 0 Å². The van der Waals surface area contributed by atoms with Crippen molar-refractivity contribution < 1.29 is 9.59 Å². The highest BCUT2D eigenvalue weighted by molar-refractivity contribution is 5.95. The van der Waals surface area contributed by atoms with Crippen molar-refractivity contribution >= 4 is 28.5 Å². The number of nitrogens with one attached hydrogen (secondary N) is 2. The molecule has 0 spiro atoms. The Hall–Kier alpha value is -3.93. The maximum Gasteiger partial charge on any atom is 0.251 e. The molecule has 168 valence electrons. The zero-order chi connectivity index (χ0) is 23.5. The van der Waals surface area contributed by atoms with Crippen LogP contribution in [0.5, 0.6) is 0 Å². The number of anilines is 1. The molecular weight excluding hydrogens is 412 g/mol. The van der Waals surface area contributed by atoms with E-state index in [1.165, 1.54) is 0 Å². The minimum Gasteiger partial charge on any atom is -0.342 e. The van der Waals surface area contributed by atoms with Gasteiger partial charge in [-0.25, -0.2) is 4.98 Å². The molecule has 6 heteroatoms. The van der Waals surface area contributed by atoms with Gasteiger partial charge in [0.1, 0.15) is 12.4 Å². The van der Waals surface area contributed by atoms with Gasteiger partial charge in [0.25, 0.3) is 5.91 Å². The van der Waals surface area contributed by atoms with Crippen molar-refractivity contribution in [2.75, 3.05) is 5.32 Å². The van der Waals surface area contributed by atoms with Crippen LogP contribution in [-0.2, 0) is 11.3 Å². The molecule has 6 nitrogen and oxygen atoms in total. The number of aryl methyl sites for hydroxylation is 2. The Labute approximate surface area is 193 Å². The van der Waals surface area contributed by atoms with Gasteiger partial charge >= 0.3 is 0 Å². The summed E-state index contributed by atoms with van der Waals surface area (Å²) in [5, 5.41) is 6.04. The van der Waals surface area contributed by atoms with Crippen LogP contribution in [0.4, 0.5) is 5.69 Å². The highest BCUT2D eigenvalue weighted by Crippen LogP contribution is 2.22. The molecule has 33 heavy (non-hydrogen) atoms. The van der Waals surface area contributed by atoms with Gasteiger partial charge in [-0.3, -0.25) is 9.59 Å². The Morgan fingerprint density at radius 2 is 1.67 bits per heavy atom. The molecule has 1 unspecified atom stereocenters. The summed E-state index contributed by atoms with van der Waals surface area (Å²) in [6, 6.07) is 20.6. The topological polar surface area (TPSA) is 76.0 Å². The average Bonchev–Trinajstić information content (AvgIpc) is 3.16. The third kappa shape index (κ3) is 4.80. The first-order valence-electron chi connectivity index (χ1n) is 11.0. The molecule has 0 aliphatic heterocycles. The Bertz CT molecular complexity index is 1320. The predicted molar refractivity (Wildman–Crippen MR) is 131 cm³/mol. The van der Waals surface area contributed by atoms with Crippen molar-refractivity contribution in [1.82, 2.24) is 14.9 Å². The van der Waals surface area contributed by atoms with Crippen molar-refractivity contribution in [2.45, 2.75) is 40.3 Å². The van der Waals surface area contributed by atoms with Crippen molar-refractivity contribution in [2.24, 2.45) is 0 Å². The van der Waals surface area contributed by atoms with Gasteiger partial charge in [-0.05, 0) is 69.2 Å². The number of aromatic nitrogens is 2. The van der Waals surface area contributed by atoms with Gasteiger partial charge in [-0.15, -0.1) is 0 Å². The standard InChI is InChI=1S/C27H28N4O2/c1-17-12-14-21(15-13-17)27(33)28-20(4)26-30-23-9-5-6-11-24(23)31(26)16-25(32)29-22-10-7-8-18(2)19(22)3/h5-15,20H,16H2,1-4H3,(H,28,33)(H,29,32). The van der Waals surface area contributed by atoms with E-state index in [0.29, 0.717) is 11.4 Å². The highest BCUT2D eigenvalue weighted by atomic mass is 16.2. The largest absolute Gasteiger partial charge is 0.342 e. The number of benzene rings is 3. The molecule has 4 rings (SSSR count). The number of carbonyl (C=O) groups excluding carboxylic acids is 2. The Balaban J connectivity index is 1.60. The van der Waals surface area contributed by atoms with Crippen molar-refractivity contribution in [3.63, 3.8) is 0 Å². The third-order valence-electron chi connectivity index (χ3n) is 5.91. The number of fused-ring (bicyclic) bond motifs is 1. The van der Waals surface area contributed by atoms with Crippen molar-refractivity contribution in [1.29, 1.82) is 0 Å². The van der Waals surface area contributed by atoms with E-state index in [4.69, 9.17) is 4.98 Å². The van der Waals surface area contributed by atoms with Gasteiger partial charge in [0, 0.05) is 11.3 Å². The minimum absolute atomic E-state index is 0.0912. The maximum atomic E-state index is 13.0. The van der Waals surface area contributed by atoms with Crippen LogP contribution in [0, 0.1) is 20.8 Å². The molecule has 0 radical (unpaired) electrons. The van der Waals surface area contributed by atoms with Crippen LogP contribution < -0.4 is 10.6 Å². The lowest BCUT2D eigenvalue weighted by molar-refractivity contribution is -0.116. The summed E-state index contributed by atoms with van der Waals surface area (Å²) in [6.07, 6.45) is 0. The van der Waals surface area contributed by atoms with E-state index in [-0.39, 0.29) is 24.4 Å². The van der Waals surface area contributed by atoms with Gasteiger partial charge in [0.2, 0.25) is 5.91 Å². The number of nitrogens with zero attached hydrogens (tertiary/aromatic N) is 2. The molecule has 0 aliphatic rings. The number of amides is 2. The number of para-hydroxylation sites is 2. The molecule has 2 N–H and O–H groups in total. The first kappa shape index (κ1) is 22.3. The lowest BCUT2D eigenvalue weighted by atomic mass is 10.1. The number of carbonyl (C=O) groups is 2. The zero-order valence-corrected chi connectivity index (χ0v) is 19.3. The van der Waals surface area contributed by atoms with Crippen LogP contribution in [0.25, 0.3) is 11.0 Å². The summed E-state index contributed by atoms with van der Waals surface area (Å²) >= 11 is 0. The van der Waals surface area contributed by atoms with E-state index in [1.807, 2.05) is 86.9 Å². The Morgan fingerprint density at radius 3 is 2.42 bits per heavy atom. The lowest BCUT2D eigenvalue weighted by Gasteiger charge is -2.17. The summed E-state index contributed by atoms with van der Waals surface area (Å²) < 4.78 is 1.87. The molecule has 1 atom stereocenters. The number of rotatable bonds is 6. The third-order valence-corrected chi connectivity index (χ3v) is 5.91. The Kier molecular flexibility index (Phi) is 6.27. The molecule has 1 aromatic heterocycles. The summed E-state index contributed by atoms with van der Waals surface area (Å²) in [6.45, 7) is 7.97. The predicted octanol–water partition coefficient (Wildman–Crippen LogP) is 5.09. The monoisotopic (exact) mass is 440 g/mol. The van der Waals surface area contributed by atoms with Gasteiger partial charge < -0.3 is 15.2 Å². The number of imidazole rings is 1. The fraction of sp³-hybridized carbons (Fsp3) is 0.222. The van der Waals surface area contributed by atoms with Crippen LogP contribution in [0.1, 0.15) is 45.8 Å². The summed E-state index contributed by atoms with van der Waals surface area (Å²) in [4.78, 5) is 30.5. The second-order valence-electron chi connectivity index (χ2n) is 8.40. The molecule has 0 saturated carbocycles. The molecule has 1 heterocycles. The second-order valence-corrected chi connectivity index (χ2v) is 8.40. The maximum absolute atomic E-state index is 13.0. The molecule has 0 saturated heterocycles. The highest BCUT2D eigenvalue weighted by Gasteiger charge is 2.21. The van der Waals surface area contributed by atoms with Crippen LogP contribution in [-0.4, -0.2) is 21.4 Å². The second kappa shape index (κ2) is 9.28. The first-order chi connectivity index (χ1) is 15.8. The molecular formula is C27H28N4O2. The fourth-order valence-electron chi connectivity index (χ4n) is 3.86. The van der Waals surface area contributed by atoms with E-state index >= 15 is 0 Å². The number of hydrogen-bond donors (Lipinski definition) is 2. The van der Waals surface area contributed by atoms with Gasteiger partial charge in [-0.1, -0.05) is 42.0 Å². The zero-order valence-electron chi connectivity index (χ0n) is 19.3. The summed E-state index contributed by atoms with van der Waals surface area (Å²) in [5.41, 5.74) is 6.27.